The van der Waals surface area contributed by atoms with Crippen LogP contribution in [0.4, 0.5) is 5.69 Å². The first-order chi connectivity index (χ1) is 13.0. The maximum absolute atomic E-state index is 12.7. The molecule has 2 aromatic carbocycles. The molecule has 0 spiro atoms. The molecule has 1 amide bonds. The highest BCUT2D eigenvalue weighted by Gasteiger charge is 2.16. The number of carbonyl (C=O) groups excluding carboxylic acids is 1. The highest BCUT2D eigenvalue weighted by Crippen LogP contribution is 2.22. The van der Waals surface area contributed by atoms with Crippen LogP contribution in [0.3, 0.4) is 0 Å². The van der Waals surface area contributed by atoms with Gasteiger partial charge in [0.05, 0.1) is 23.0 Å². The Morgan fingerprint density at radius 2 is 1.89 bits per heavy atom. The van der Waals surface area contributed by atoms with Gasteiger partial charge in [-0.1, -0.05) is 34.1 Å². The lowest BCUT2D eigenvalue weighted by molar-refractivity contribution is 0.102. The predicted octanol–water partition coefficient (Wildman–Crippen LogP) is 5.05. The van der Waals surface area contributed by atoms with Gasteiger partial charge in [-0.3, -0.25) is 4.79 Å². The molecule has 1 N–H and O–H groups in total. The molecule has 4 rings (SSSR count). The molecule has 134 valence electrons. The fourth-order valence-electron chi connectivity index (χ4n) is 2.96. The van der Waals surface area contributed by atoms with Gasteiger partial charge in [0.25, 0.3) is 5.91 Å². The van der Waals surface area contributed by atoms with E-state index in [9.17, 15) is 4.79 Å². The number of amides is 1. The smallest absolute Gasteiger partial charge is 0.259 e. The van der Waals surface area contributed by atoms with Crippen molar-refractivity contribution in [1.29, 1.82) is 0 Å². The molecule has 0 fully saturated rings. The highest BCUT2D eigenvalue weighted by molar-refractivity contribution is 9.10. The Morgan fingerprint density at radius 3 is 2.70 bits per heavy atom. The summed E-state index contributed by atoms with van der Waals surface area (Å²) in [4.78, 5) is 17.3. The molecule has 6 heteroatoms. The maximum Gasteiger partial charge on any atom is 0.259 e. The maximum atomic E-state index is 12.7. The number of aryl methyl sites for hydroxylation is 1. The molecule has 0 radical (unpaired) electrons. The number of aromatic nitrogens is 3. The van der Waals surface area contributed by atoms with Crippen molar-refractivity contribution < 1.29 is 4.79 Å². The van der Waals surface area contributed by atoms with E-state index in [2.05, 4.69) is 31.3 Å². The Bertz CT molecular complexity index is 1170. The van der Waals surface area contributed by atoms with Crippen molar-refractivity contribution in [3.05, 3.63) is 82.1 Å². The third-order valence-electron chi connectivity index (χ3n) is 4.47. The zero-order chi connectivity index (χ0) is 19.0. The van der Waals surface area contributed by atoms with Crippen molar-refractivity contribution in [3.8, 4) is 5.82 Å². The van der Waals surface area contributed by atoms with Gasteiger partial charge in [0, 0.05) is 15.5 Å². The van der Waals surface area contributed by atoms with Crippen molar-refractivity contribution in [2.45, 2.75) is 13.8 Å². The second kappa shape index (κ2) is 6.96. The number of carbonyl (C=O) groups is 1. The molecule has 0 aliphatic rings. The summed E-state index contributed by atoms with van der Waals surface area (Å²) >= 11 is 3.47. The number of rotatable bonds is 3. The number of anilines is 1. The monoisotopic (exact) mass is 420 g/mol. The summed E-state index contributed by atoms with van der Waals surface area (Å²) in [6, 6.07) is 17.5. The molecule has 0 bridgehead atoms. The minimum absolute atomic E-state index is 0.193. The van der Waals surface area contributed by atoms with E-state index >= 15 is 0 Å². The first-order valence-electron chi connectivity index (χ1n) is 8.51. The minimum Gasteiger partial charge on any atom is -0.322 e. The van der Waals surface area contributed by atoms with E-state index in [1.54, 1.807) is 10.9 Å². The lowest BCUT2D eigenvalue weighted by Gasteiger charge is -2.08. The quantitative estimate of drug-likeness (QED) is 0.504. The van der Waals surface area contributed by atoms with E-state index < -0.39 is 0 Å². The highest BCUT2D eigenvalue weighted by atomic mass is 79.9. The number of benzene rings is 2. The minimum atomic E-state index is -0.193. The molecule has 0 saturated heterocycles. The van der Waals surface area contributed by atoms with Gasteiger partial charge < -0.3 is 5.32 Å². The van der Waals surface area contributed by atoms with E-state index in [0.717, 1.165) is 32.3 Å². The summed E-state index contributed by atoms with van der Waals surface area (Å²) in [5.41, 5.74) is 3.95. The van der Waals surface area contributed by atoms with E-state index in [1.165, 1.54) is 0 Å². The molecular formula is C21H17BrN4O. The largest absolute Gasteiger partial charge is 0.322 e. The first-order valence-corrected chi connectivity index (χ1v) is 9.30. The Morgan fingerprint density at radius 1 is 1.07 bits per heavy atom. The van der Waals surface area contributed by atoms with Gasteiger partial charge in [0.2, 0.25) is 0 Å². The summed E-state index contributed by atoms with van der Waals surface area (Å²) in [7, 11) is 0. The number of para-hydroxylation sites is 1. The van der Waals surface area contributed by atoms with Gasteiger partial charge >= 0.3 is 0 Å². The Kier molecular flexibility index (Phi) is 4.49. The van der Waals surface area contributed by atoms with Crippen molar-refractivity contribution in [1.82, 2.24) is 14.8 Å². The molecule has 5 nitrogen and oxygen atoms in total. The van der Waals surface area contributed by atoms with Crippen LogP contribution in [0.25, 0.3) is 16.7 Å². The molecule has 4 aromatic rings. The molecular weight excluding hydrogens is 404 g/mol. The molecule has 0 aliphatic carbocycles. The Hall–Kier alpha value is -2.99. The number of hydrogen-bond donors (Lipinski definition) is 1. The van der Waals surface area contributed by atoms with Crippen LogP contribution in [0.5, 0.6) is 0 Å². The van der Waals surface area contributed by atoms with Crippen molar-refractivity contribution in [2.24, 2.45) is 0 Å². The Balaban J connectivity index is 1.64. The molecule has 0 atom stereocenters. The molecule has 27 heavy (non-hydrogen) atoms. The van der Waals surface area contributed by atoms with E-state index in [1.807, 2.05) is 68.4 Å². The average molecular weight is 421 g/mol. The van der Waals surface area contributed by atoms with Crippen molar-refractivity contribution >= 4 is 38.4 Å². The summed E-state index contributed by atoms with van der Waals surface area (Å²) in [5.74, 6) is 0.492. The van der Waals surface area contributed by atoms with E-state index in [-0.39, 0.29) is 5.91 Å². The zero-order valence-corrected chi connectivity index (χ0v) is 16.5. The summed E-state index contributed by atoms with van der Waals surface area (Å²) in [5, 5.41) is 8.37. The van der Waals surface area contributed by atoms with Crippen molar-refractivity contribution in [2.75, 3.05) is 5.32 Å². The Labute approximate surface area is 165 Å². The van der Waals surface area contributed by atoms with Crippen LogP contribution in [0.2, 0.25) is 0 Å². The average Bonchev–Trinajstić information content (AvgIpc) is 3.06. The molecule has 0 aliphatic heterocycles. The predicted molar refractivity (Wildman–Crippen MR) is 110 cm³/mol. The zero-order valence-electron chi connectivity index (χ0n) is 14.9. The van der Waals surface area contributed by atoms with Gasteiger partial charge in [-0.05, 0) is 55.8 Å². The normalized spacial score (nSPS) is 10.9. The summed E-state index contributed by atoms with van der Waals surface area (Å²) in [6.07, 6.45) is 1.58. The van der Waals surface area contributed by atoms with Crippen LogP contribution in [-0.2, 0) is 0 Å². The second-order valence-electron chi connectivity index (χ2n) is 6.34. The molecule has 0 saturated carbocycles. The number of hydrogen-bond acceptors (Lipinski definition) is 3. The lowest BCUT2D eigenvalue weighted by Crippen LogP contribution is -2.13. The molecule has 0 unspecified atom stereocenters. The number of nitrogens with zero attached hydrogens (tertiary/aromatic N) is 3. The second-order valence-corrected chi connectivity index (χ2v) is 7.19. The van der Waals surface area contributed by atoms with E-state index in [0.29, 0.717) is 11.4 Å². The van der Waals surface area contributed by atoms with Crippen LogP contribution in [0.15, 0.2) is 65.3 Å². The van der Waals surface area contributed by atoms with Gasteiger partial charge in [-0.15, -0.1) is 0 Å². The van der Waals surface area contributed by atoms with Crippen LogP contribution in [0, 0.1) is 13.8 Å². The van der Waals surface area contributed by atoms with Gasteiger partial charge in [0.15, 0.2) is 5.82 Å². The van der Waals surface area contributed by atoms with Crippen LogP contribution in [-0.4, -0.2) is 20.7 Å². The summed E-state index contributed by atoms with van der Waals surface area (Å²) in [6.45, 7) is 3.85. The standard InChI is InChI=1S/C21H17BrN4O/c1-13-11-16(8-9-18(13)22)24-21(27)17-12-23-26(14(17)2)20-10-7-15-5-3-4-6-19(15)25-20/h3-12H,1-2H3,(H,24,27). The fraction of sp³-hybridized carbons (Fsp3) is 0.0952. The van der Waals surface area contributed by atoms with Gasteiger partial charge in [-0.25, -0.2) is 9.67 Å². The molecule has 2 aromatic heterocycles. The van der Waals surface area contributed by atoms with Crippen LogP contribution >= 0.6 is 15.9 Å². The fourth-order valence-corrected chi connectivity index (χ4v) is 3.20. The van der Waals surface area contributed by atoms with E-state index in [4.69, 9.17) is 0 Å². The SMILES string of the molecule is Cc1cc(NC(=O)c2cnn(-c3ccc4ccccc4n3)c2C)ccc1Br. The lowest BCUT2D eigenvalue weighted by atomic mass is 10.2. The van der Waals surface area contributed by atoms with Gasteiger partial charge in [-0.2, -0.15) is 5.10 Å². The number of halogens is 1. The topological polar surface area (TPSA) is 59.8 Å². The van der Waals surface area contributed by atoms with Crippen molar-refractivity contribution in [3.63, 3.8) is 0 Å². The number of fused-ring (bicyclic) bond motifs is 1. The number of pyridine rings is 1. The number of nitrogens with one attached hydrogen (secondary N) is 1. The van der Waals surface area contributed by atoms with Crippen LogP contribution < -0.4 is 5.32 Å². The third kappa shape index (κ3) is 3.36. The third-order valence-corrected chi connectivity index (χ3v) is 5.36. The molecule has 2 heterocycles. The first kappa shape index (κ1) is 17.4. The van der Waals surface area contributed by atoms with Crippen LogP contribution in [0.1, 0.15) is 21.6 Å². The summed E-state index contributed by atoms with van der Waals surface area (Å²) < 4.78 is 2.70. The van der Waals surface area contributed by atoms with Gasteiger partial charge in [0.1, 0.15) is 0 Å².